The summed E-state index contributed by atoms with van der Waals surface area (Å²) in [5.74, 6) is -0.478. The Bertz CT molecular complexity index is 1210. The minimum atomic E-state index is -0.470. The molecule has 4 rings (SSSR count). The number of urea groups is 1. The van der Waals surface area contributed by atoms with Crippen LogP contribution in [0.2, 0.25) is 0 Å². The van der Waals surface area contributed by atoms with E-state index in [-0.39, 0.29) is 18.5 Å². The van der Waals surface area contributed by atoms with Crippen molar-refractivity contribution in [1.82, 2.24) is 20.8 Å². The number of halogens is 1. The summed E-state index contributed by atoms with van der Waals surface area (Å²) in [7, 11) is 0. The maximum absolute atomic E-state index is 13.3. The molecular formula is C23H21FN4O3S. The number of thioether (sulfide) groups is 1. The monoisotopic (exact) mass is 452 g/mol. The molecule has 7 nitrogen and oxygen atoms in total. The topological polar surface area (TPSA) is 93.2 Å². The Balaban J connectivity index is 1.68. The quantitative estimate of drug-likeness (QED) is 0.433. The van der Waals surface area contributed by atoms with Gasteiger partial charge in [-0.3, -0.25) is 0 Å². The van der Waals surface area contributed by atoms with Crippen LogP contribution < -0.4 is 10.6 Å². The summed E-state index contributed by atoms with van der Waals surface area (Å²) in [5.41, 5.74) is 2.29. The maximum atomic E-state index is 13.3. The lowest BCUT2D eigenvalue weighted by Gasteiger charge is -2.26. The highest BCUT2D eigenvalue weighted by Gasteiger charge is 2.29. The van der Waals surface area contributed by atoms with Crippen LogP contribution in [0.1, 0.15) is 13.8 Å². The first-order chi connectivity index (χ1) is 15.5. The van der Waals surface area contributed by atoms with Gasteiger partial charge in [-0.05, 0) is 38.1 Å². The molecule has 0 spiro atoms. The molecule has 2 aromatic carbocycles. The molecule has 1 aliphatic heterocycles. The minimum absolute atomic E-state index is 0.240. The summed E-state index contributed by atoms with van der Waals surface area (Å²) in [4.78, 5) is 24.4. The van der Waals surface area contributed by atoms with Crippen molar-refractivity contribution >= 4 is 34.5 Å². The van der Waals surface area contributed by atoms with Crippen LogP contribution in [0.15, 0.2) is 64.8 Å². The van der Waals surface area contributed by atoms with Crippen LogP contribution in [0.5, 0.6) is 0 Å². The van der Waals surface area contributed by atoms with Crippen LogP contribution >= 0.6 is 11.8 Å². The summed E-state index contributed by atoms with van der Waals surface area (Å²) in [5, 5.41) is 16.6. The minimum Gasteiger partial charge on any atom is -0.463 e. The zero-order valence-electron chi connectivity index (χ0n) is 17.5. The van der Waals surface area contributed by atoms with Crippen LogP contribution in [0.3, 0.4) is 0 Å². The highest BCUT2D eigenvalue weighted by Crippen LogP contribution is 2.33. The molecule has 1 atom stereocenters. The number of carbonyl (C=O) groups is 2. The second-order valence-electron chi connectivity index (χ2n) is 7.13. The van der Waals surface area contributed by atoms with E-state index in [4.69, 9.17) is 4.74 Å². The predicted molar refractivity (Wildman–Crippen MR) is 120 cm³/mol. The third-order valence-electron chi connectivity index (χ3n) is 4.99. The van der Waals surface area contributed by atoms with E-state index in [0.29, 0.717) is 27.7 Å². The number of rotatable bonds is 6. The van der Waals surface area contributed by atoms with E-state index >= 15 is 0 Å². The summed E-state index contributed by atoms with van der Waals surface area (Å²) < 4.78 is 18.5. The van der Waals surface area contributed by atoms with E-state index in [2.05, 4.69) is 20.8 Å². The van der Waals surface area contributed by atoms with Crippen LogP contribution in [0, 0.1) is 5.82 Å². The molecule has 164 valence electrons. The summed E-state index contributed by atoms with van der Waals surface area (Å²) in [6.45, 7) is 3.71. The van der Waals surface area contributed by atoms with Gasteiger partial charge in [0.2, 0.25) is 0 Å². The highest BCUT2D eigenvalue weighted by molar-refractivity contribution is 7.99. The molecule has 1 aliphatic rings. The zero-order valence-corrected chi connectivity index (χ0v) is 18.3. The maximum Gasteiger partial charge on any atom is 0.337 e. The summed E-state index contributed by atoms with van der Waals surface area (Å²) in [6.07, 6.45) is 0. The van der Waals surface area contributed by atoms with E-state index in [9.17, 15) is 14.0 Å². The number of benzene rings is 2. The Hall–Kier alpha value is -3.46. The molecular weight excluding hydrogens is 431 g/mol. The number of hydrogen-bond donors (Lipinski definition) is 2. The van der Waals surface area contributed by atoms with E-state index in [1.807, 2.05) is 24.3 Å². The van der Waals surface area contributed by atoms with E-state index < -0.39 is 12.0 Å². The Morgan fingerprint density at radius 1 is 1.12 bits per heavy atom. The fourth-order valence-corrected chi connectivity index (χ4v) is 4.48. The van der Waals surface area contributed by atoms with Crippen LogP contribution in [0.25, 0.3) is 22.0 Å². The Labute approximate surface area is 188 Å². The predicted octanol–water partition coefficient (Wildman–Crippen LogP) is 4.05. The van der Waals surface area contributed by atoms with Gasteiger partial charge in [-0.1, -0.05) is 36.0 Å². The van der Waals surface area contributed by atoms with Crippen molar-refractivity contribution in [1.29, 1.82) is 0 Å². The second kappa shape index (κ2) is 9.35. The number of fused-ring (bicyclic) bond motifs is 1. The number of carbonyl (C=O) groups excluding carboxylic acids is 2. The summed E-state index contributed by atoms with van der Waals surface area (Å²) >= 11 is 1.36. The van der Waals surface area contributed by atoms with Gasteiger partial charge in [0.25, 0.3) is 0 Å². The first-order valence-electron chi connectivity index (χ1n) is 10.1. The van der Waals surface area contributed by atoms with E-state index in [0.717, 1.165) is 16.3 Å². The third kappa shape index (κ3) is 4.43. The van der Waals surface area contributed by atoms with Crippen molar-refractivity contribution in [3.63, 3.8) is 0 Å². The molecule has 0 aliphatic carbocycles. The van der Waals surface area contributed by atoms with Crippen LogP contribution in [0.4, 0.5) is 9.18 Å². The van der Waals surface area contributed by atoms with Gasteiger partial charge in [0, 0.05) is 27.8 Å². The second-order valence-corrected chi connectivity index (χ2v) is 8.09. The Morgan fingerprint density at radius 3 is 2.56 bits per heavy atom. The molecule has 0 saturated carbocycles. The molecule has 0 bridgehead atoms. The van der Waals surface area contributed by atoms with Crippen molar-refractivity contribution in [2.75, 3.05) is 12.4 Å². The van der Waals surface area contributed by atoms with Gasteiger partial charge >= 0.3 is 12.0 Å². The smallest absolute Gasteiger partial charge is 0.337 e. The highest BCUT2D eigenvalue weighted by atomic mass is 32.2. The molecule has 9 heteroatoms. The van der Waals surface area contributed by atoms with Gasteiger partial charge < -0.3 is 15.4 Å². The molecule has 2 amide bonds. The number of esters is 1. The van der Waals surface area contributed by atoms with Gasteiger partial charge in [-0.15, -0.1) is 10.2 Å². The lowest BCUT2D eigenvalue weighted by Crippen LogP contribution is -2.49. The Kier molecular flexibility index (Phi) is 6.36. The molecule has 32 heavy (non-hydrogen) atoms. The third-order valence-corrected chi connectivity index (χ3v) is 6.00. The average molecular weight is 453 g/mol. The van der Waals surface area contributed by atoms with Gasteiger partial charge in [0.1, 0.15) is 16.5 Å². The van der Waals surface area contributed by atoms with Gasteiger partial charge in [-0.25, -0.2) is 14.0 Å². The zero-order chi connectivity index (χ0) is 22.7. The fraction of sp³-hybridized carbons (Fsp3) is 0.217. The fourth-order valence-electron chi connectivity index (χ4n) is 3.54. The number of ether oxygens (including phenoxy) is 1. The van der Waals surface area contributed by atoms with E-state index in [1.165, 1.54) is 23.9 Å². The van der Waals surface area contributed by atoms with Crippen LogP contribution in [-0.2, 0) is 9.53 Å². The molecule has 1 unspecified atom stereocenters. The van der Waals surface area contributed by atoms with E-state index in [1.54, 1.807) is 26.0 Å². The largest absolute Gasteiger partial charge is 0.463 e. The van der Waals surface area contributed by atoms with Crippen molar-refractivity contribution in [3.05, 3.63) is 65.6 Å². The molecule has 2 heterocycles. The molecule has 0 saturated heterocycles. The molecule has 3 aromatic rings. The number of amides is 2. The van der Waals surface area contributed by atoms with Crippen molar-refractivity contribution in [2.24, 2.45) is 0 Å². The van der Waals surface area contributed by atoms with Gasteiger partial charge in [0.15, 0.2) is 0 Å². The van der Waals surface area contributed by atoms with Crippen molar-refractivity contribution in [3.8, 4) is 11.3 Å². The first kappa shape index (κ1) is 21.8. The number of aromatic nitrogens is 2. The average Bonchev–Trinajstić information content (AvgIpc) is 2.78. The number of hydrogen-bond acceptors (Lipinski definition) is 6. The lowest BCUT2D eigenvalue weighted by atomic mass is 10.1. The first-order valence-corrected chi connectivity index (χ1v) is 11.1. The Morgan fingerprint density at radius 2 is 1.84 bits per heavy atom. The van der Waals surface area contributed by atoms with Gasteiger partial charge in [-0.2, -0.15) is 0 Å². The summed E-state index contributed by atoms with van der Waals surface area (Å²) in [6, 6.07) is 12.9. The van der Waals surface area contributed by atoms with Crippen molar-refractivity contribution in [2.45, 2.75) is 24.9 Å². The molecule has 2 N–H and O–H groups in total. The van der Waals surface area contributed by atoms with Crippen molar-refractivity contribution < 1.29 is 18.7 Å². The standard InChI is InChI=1S/C23H21FN4O3S/c1-3-31-22(29)19-13(2)25-23(30)26-18(19)12-32-21-17-7-5-4-6-16(17)20(27-28-21)14-8-10-15(24)11-9-14/h4-11,13H,3,12H2,1-2H3,(H2,25,26,30). The molecule has 0 fully saturated rings. The molecule has 1 aromatic heterocycles. The SMILES string of the molecule is CCOC(=O)C1=C(CSc2nnc(-c3ccc(F)cc3)c3ccccc23)NC(=O)NC1C. The number of nitrogens with zero attached hydrogens (tertiary/aromatic N) is 2. The molecule has 0 radical (unpaired) electrons. The van der Waals surface area contributed by atoms with Gasteiger partial charge in [0.05, 0.1) is 18.2 Å². The number of nitrogens with one attached hydrogen (secondary N) is 2. The lowest BCUT2D eigenvalue weighted by molar-refractivity contribution is -0.138. The van der Waals surface area contributed by atoms with Crippen LogP contribution in [-0.4, -0.2) is 40.6 Å². The normalized spacial score (nSPS) is 16.0.